The molecule has 1 heterocycles. The number of aromatic nitrogens is 2. The summed E-state index contributed by atoms with van der Waals surface area (Å²) in [4.78, 5) is 24.7. The smallest absolute Gasteiger partial charge is 0.399 e. The van der Waals surface area contributed by atoms with E-state index in [1.165, 1.54) is 22.8 Å². The van der Waals surface area contributed by atoms with E-state index in [9.17, 15) is 28.3 Å². The van der Waals surface area contributed by atoms with Gasteiger partial charge in [-0.1, -0.05) is 70.5 Å². The third-order valence-electron chi connectivity index (χ3n) is 5.70. The number of aromatic carboxylic acids is 1. The fourth-order valence-electron chi connectivity index (χ4n) is 3.86. The number of hydrogen-bond donors (Lipinski definition) is 1. The van der Waals surface area contributed by atoms with E-state index in [1.54, 1.807) is 35.0 Å². The highest BCUT2D eigenvalue weighted by molar-refractivity contribution is 9.10. The second kappa shape index (κ2) is 11.4. The van der Waals surface area contributed by atoms with E-state index in [0.29, 0.717) is 27.8 Å². The molecule has 0 unspecified atom stereocenters. The lowest BCUT2D eigenvalue weighted by Crippen LogP contribution is -2.25. The number of nitrogens with zero attached hydrogens (tertiary/aromatic N) is 2. The quantitative estimate of drug-likeness (QED) is 0.215. The van der Waals surface area contributed by atoms with Gasteiger partial charge >= 0.3 is 19.3 Å². The van der Waals surface area contributed by atoms with Gasteiger partial charge in [-0.3, -0.25) is 13.7 Å². The van der Waals surface area contributed by atoms with Gasteiger partial charge in [0.05, 0.1) is 30.5 Å². The first kappa shape index (κ1) is 26.7. The SMILES string of the molecule is O=C(O)c1ccc(-c2cn(Cc3ccc(CP(=O)(OF)OF)c(Br)c3)c(=O)n2Cc2ccccc2)cc1. The maximum absolute atomic E-state index is 13.4. The van der Waals surface area contributed by atoms with Gasteiger partial charge in [-0.15, -0.1) is 9.46 Å². The van der Waals surface area contributed by atoms with Crippen molar-refractivity contribution in [1.82, 2.24) is 9.13 Å². The molecule has 0 saturated carbocycles. The fraction of sp³-hybridized carbons (Fsp3) is 0.120. The summed E-state index contributed by atoms with van der Waals surface area (Å²) in [5, 5.41) is 9.21. The third-order valence-corrected chi connectivity index (χ3v) is 7.59. The van der Waals surface area contributed by atoms with Crippen LogP contribution < -0.4 is 5.69 Å². The Morgan fingerprint density at radius 2 is 1.62 bits per heavy atom. The molecule has 0 bridgehead atoms. The average molecular weight is 593 g/mol. The Bertz CT molecular complexity index is 1510. The van der Waals surface area contributed by atoms with E-state index >= 15 is 0 Å². The highest BCUT2D eigenvalue weighted by atomic mass is 79.9. The van der Waals surface area contributed by atoms with Gasteiger partial charge in [0.15, 0.2) is 0 Å². The minimum Gasteiger partial charge on any atom is -0.478 e. The van der Waals surface area contributed by atoms with Gasteiger partial charge in [0.2, 0.25) is 0 Å². The number of carboxylic acids is 1. The number of halogens is 3. The number of rotatable bonds is 10. The van der Waals surface area contributed by atoms with E-state index in [0.717, 1.165) is 5.56 Å². The number of carbonyl (C=O) groups is 1. The molecule has 0 fully saturated rings. The lowest BCUT2D eigenvalue weighted by atomic mass is 10.1. The molecule has 1 aromatic heterocycles. The normalized spacial score (nSPS) is 11.5. The van der Waals surface area contributed by atoms with E-state index in [-0.39, 0.29) is 23.4 Å². The molecule has 0 radical (unpaired) electrons. The molecule has 4 aromatic rings. The zero-order chi connectivity index (χ0) is 26.6. The second-order valence-electron chi connectivity index (χ2n) is 8.21. The summed E-state index contributed by atoms with van der Waals surface area (Å²) >= 11 is 3.29. The first-order chi connectivity index (χ1) is 17.7. The lowest BCUT2D eigenvalue weighted by molar-refractivity contribution is -0.0881. The number of hydrogen-bond acceptors (Lipinski definition) is 5. The number of imidazole rings is 1. The van der Waals surface area contributed by atoms with Crippen LogP contribution in [0.5, 0.6) is 0 Å². The molecular formula is C25H20BrF2N2O6P. The monoisotopic (exact) mass is 592 g/mol. The molecule has 3 aromatic carbocycles. The van der Waals surface area contributed by atoms with Crippen molar-refractivity contribution in [3.05, 3.63) is 116 Å². The minimum atomic E-state index is -4.56. The predicted molar refractivity (Wildman–Crippen MR) is 136 cm³/mol. The van der Waals surface area contributed by atoms with Gasteiger partial charge in [-0.2, -0.15) is 0 Å². The van der Waals surface area contributed by atoms with Gasteiger partial charge < -0.3 is 5.11 Å². The minimum absolute atomic E-state index is 0.131. The van der Waals surface area contributed by atoms with Gasteiger partial charge in [-0.25, -0.2) is 9.59 Å². The first-order valence-corrected chi connectivity index (χ1v) is 13.4. The molecule has 37 heavy (non-hydrogen) atoms. The van der Waals surface area contributed by atoms with Crippen LogP contribution in [0.2, 0.25) is 0 Å². The second-order valence-corrected chi connectivity index (χ2v) is 10.9. The van der Waals surface area contributed by atoms with Crippen LogP contribution in [0.15, 0.2) is 88.3 Å². The highest BCUT2D eigenvalue weighted by Gasteiger charge is 2.29. The summed E-state index contributed by atoms with van der Waals surface area (Å²) in [6, 6.07) is 20.4. The Morgan fingerprint density at radius 3 is 2.22 bits per heavy atom. The third kappa shape index (κ3) is 6.14. The molecule has 0 atom stereocenters. The van der Waals surface area contributed by atoms with Gasteiger partial charge in [0.1, 0.15) is 0 Å². The molecule has 12 heteroatoms. The van der Waals surface area contributed by atoms with Crippen molar-refractivity contribution in [2.24, 2.45) is 0 Å². The molecule has 1 N–H and O–H groups in total. The van der Waals surface area contributed by atoms with Crippen LogP contribution in [0.25, 0.3) is 11.3 Å². The van der Waals surface area contributed by atoms with Crippen molar-refractivity contribution in [2.75, 3.05) is 0 Å². The van der Waals surface area contributed by atoms with Crippen LogP contribution in [-0.2, 0) is 33.3 Å². The molecule has 8 nitrogen and oxygen atoms in total. The van der Waals surface area contributed by atoms with Crippen LogP contribution >= 0.6 is 23.5 Å². The van der Waals surface area contributed by atoms with Crippen LogP contribution in [-0.4, -0.2) is 20.2 Å². The highest BCUT2D eigenvalue weighted by Crippen LogP contribution is 2.53. The standard InChI is InChI=1S/C25H20BrF2N2O6P/c26-22-12-18(6-7-21(22)16-37(34,35-27)36-28)13-29-15-23(19-8-10-20(11-9-19)24(31)32)30(25(29)33)14-17-4-2-1-3-5-17/h1-12,15H,13-14,16H2,(H,31,32). The van der Waals surface area contributed by atoms with Crippen LogP contribution in [0.3, 0.4) is 0 Å². The number of carboxylic acid groups (broad SMARTS) is 1. The summed E-state index contributed by atoms with van der Waals surface area (Å²) in [5.74, 6) is -1.05. The maximum Gasteiger partial charge on any atom is 0.399 e. The Balaban J connectivity index is 1.69. The lowest BCUT2D eigenvalue weighted by Gasteiger charge is -2.10. The maximum atomic E-state index is 13.4. The van der Waals surface area contributed by atoms with Crippen LogP contribution in [0, 0.1) is 0 Å². The molecule has 4 rings (SSSR count). The van der Waals surface area contributed by atoms with Crippen molar-refractivity contribution in [3.63, 3.8) is 0 Å². The zero-order valence-corrected chi connectivity index (χ0v) is 21.6. The Kier molecular flexibility index (Phi) is 8.19. The summed E-state index contributed by atoms with van der Waals surface area (Å²) in [6.45, 7) is 0.462. The fourth-order valence-corrected chi connectivity index (χ4v) is 5.45. The van der Waals surface area contributed by atoms with Gasteiger partial charge in [-0.05, 0) is 49.5 Å². The largest absolute Gasteiger partial charge is 0.478 e. The van der Waals surface area contributed by atoms with E-state index in [2.05, 4.69) is 25.4 Å². The van der Waals surface area contributed by atoms with Crippen molar-refractivity contribution >= 4 is 29.5 Å². The van der Waals surface area contributed by atoms with Crippen LogP contribution in [0.4, 0.5) is 9.05 Å². The Hall–Kier alpha value is -3.37. The molecule has 0 saturated heterocycles. The summed E-state index contributed by atoms with van der Waals surface area (Å²) in [6.07, 6.45) is 1.05. The zero-order valence-electron chi connectivity index (χ0n) is 19.1. The van der Waals surface area contributed by atoms with Crippen molar-refractivity contribution < 1.29 is 33.0 Å². The van der Waals surface area contributed by atoms with Crippen molar-refractivity contribution in [3.8, 4) is 11.3 Å². The molecule has 0 amide bonds. The van der Waals surface area contributed by atoms with Crippen molar-refractivity contribution in [1.29, 1.82) is 0 Å². The molecular weight excluding hydrogens is 573 g/mol. The van der Waals surface area contributed by atoms with Crippen molar-refractivity contribution in [2.45, 2.75) is 19.3 Å². The average Bonchev–Trinajstić information content (AvgIpc) is 3.20. The molecule has 0 aliphatic carbocycles. The molecule has 0 aliphatic heterocycles. The van der Waals surface area contributed by atoms with Gasteiger partial charge in [0, 0.05) is 10.7 Å². The Morgan fingerprint density at radius 1 is 0.946 bits per heavy atom. The summed E-state index contributed by atoms with van der Waals surface area (Å²) in [7, 11) is -4.56. The molecule has 0 aliphatic rings. The molecule has 0 spiro atoms. The van der Waals surface area contributed by atoms with Crippen LogP contribution in [0.1, 0.15) is 27.0 Å². The number of benzene rings is 3. The topological polar surface area (TPSA) is 99.8 Å². The van der Waals surface area contributed by atoms with E-state index in [1.807, 2.05) is 30.3 Å². The predicted octanol–water partition coefficient (Wildman–Crippen LogP) is 6.37. The van der Waals surface area contributed by atoms with E-state index in [4.69, 9.17) is 0 Å². The Labute approximate surface area is 218 Å². The van der Waals surface area contributed by atoms with Gasteiger partial charge in [0.25, 0.3) is 0 Å². The summed E-state index contributed by atoms with van der Waals surface area (Å²) in [5.41, 5.74) is 2.99. The van der Waals surface area contributed by atoms with E-state index < -0.39 is 19.7 Å². The summed E-state index contributed by atoms with van der Waals surface area (Å²) < 4.78 is 46.5. The molecule has 192 valence electrons. The first-order valence-electron chi connectivity index (χ1n) is 10.9.